The van der Waals surface area contributed by atoms with Crippen molar-refractivity contribution in [3.05, 3.63) is 237 Å². The van der Waals surface area contributed by atoms with E-state index in [1.54, 1.807) is 0 Å². The molecule has 0 atom stereocenters. The van der Waals surface area contributed by atoms with Crippen molar-refractivity contribution in [2.45, 2.75) is 0 Å². The van der Waals surface area contributed by atoms with Crippen LogP contribution in [0.15, 0.2) is 241 Å². The minimum atomic E-state index is 0.869. The van der Waals surface area contributed by atoms with E-state index in [1.807, 2.05) is 18.2 Å². The second-order valence-electron chi connectivity index (χ2n) is 15.3. The van der Waals surface area contributed by atoms with E-state index in [0.29, 0.717) is 0 Å². The monoisotopic (exact) mass is 765 g/mol. The van der Waals surface area contributed by atoms with Gasteiger partial charge in [0.15, 0.2) is 0 Å². The number of fused-ring (bicyclic) bond motifs is 4. The fourth-order valence-electron chi connectivity index (χ4n) is 8.64. The molecule has 10 aromatic carbocycles. The molecule has 0 aliphatic carbocycles. The second kappa shape index (κ2) is 15.1. The lowest BCUT2D eigenvalue weighted by Gasteiger charge is -2.27. The molecule has 282 valence electrons. The van der Waals surface area contributed by atoms with Crippen LogP contribution in [0.1, 0.15) is 0 Å². The molecule has 0 spiro atoms. The molecule has 0 saturated heterocycles. The van der Waals surface area contributed by atoms with Crippen LogP contribution in [-0.4, -0.2) is 0 Å². The smallest absolute Gasteiger partial charge is 0.135 e. The van der Waals surface area contributed by atoms with Gasteiger partial charge in [-0.05, 0) is 133 Å². The van der Waals surface area contributed by atoms with Crippen molar-refractivity contribution in [1.29, 1.82) is 0 Å². The minimum Gasteiger partial charge on any atom is -0.456 e. The van der Waals surface area contributed by atoms with Gasteiger partial charge in [0.1, 0.15) is 11.3 Å². The zero-order valence-electron chi connectivity index (χ0n) is 32.9. The van der Waals surface area contributed by atoms with Crippen LogP contribution in [0.2, 0.25) is 0 Å². The van der Waals surface area contributed by atoms with Crippen LogP contribution < -0.4 is 4.90 Å². The van der Waals surface area contributed by atoms with E-state index in [9.17, 15) is 0 Å². The molecule has 0 aliphatic rings. The van der Waals surface area contributed by atoms with Crippen LogP contribution in [0.4, 0.5) is 17.1 Å². The predicted octanol–water partition coefficient (Wildman–Crippen LogP) is 16.5. The molecule has 1 heterocycles. The van der Waals surface area contributed by atoms with Crippen LogP contribution in [-0.2, 0) is 0 Å². The van der Waals surface area contributed by atoms with E-state index in [4.69, 9.17) is 4.42 Å². The number of para-hydroxylation sites is 1. The number of anilines is 3. The Kier molecular flexibility index (Phi) is 8.87. The molecule has 0 saturated carbocycles. The van der Waals surface area contributed by atoms with Gasteiger partial charge in [-0.1, -0.05) is 170 Å². The summed E-state index contributed by atoms with van der Waals surface area (Å²) < 4.78 is 6.25. The number of benzene rings is 10. The predicted molar refractivity (Wildman–Crippen MR) is 253 cm³/mol. The van der Waals surface area contributed by atoms with Gasteiger partial charge in [0, 0.05) is 28.0 Å². The first-order valence-electron chi connectivity index (χ1n) is 20.5. The molecule has 0 aliphatic heterocycles. The van der Waals surface area contributed by atoms with Gasteiger partial charge >= 0.3 is 0 Å². The number of rotatable bonds is 8. The van der Waals surface area contributed by atoms with Gasteiger partial charge in [-0.2, -0.15) is 0 Å². The summed E-state index contributed by atoms with van der Waals surface area (Å²) >= 11 is 0. The van der Waals surface area contributed by atoms with Crippen LogP contribution in [0.3, 0.4) is 0 Å². The highest BCUT2D eigenvalue weighted by Crippen LogP contribution is 2.42. The minimum absolute atomic E-state index is 0.869. The van der Waals surface area contributed by atoms with Gasteiger partial charge in [-0.25, -0.2) is 0 Å². The van der Waals surface area contributed by atoms with E-state index in [2.05, 4.69) is 223 Å². The van der Waals surface area contributed by atoms with E-state index in [1.165, 1.54) is 43.8 Å². The van der Waals surface area contributed by atoms with Crippen LogP contribution in [0, 0.1) is 0 Å². The third kappa shape index (κ3) is 6.61. The zero-order chi connectivity index (χ0) is 39.8. The van der Waals surface area contributed by atoms with Gasteiger partial charge in [-0.3, -0.25) is 0 Å². The summed E-state index contributed by atoms with van der Waals surface area (Å²) in [5.41, 5.74) is 14.5. The number of furan rings is 1. The van der Waals surface area contributed by atoms with Gasteiger partial charge in [0.25, 0.3) is 0 Å². The molecule has 1 aromatic heterocycles. The lowest BCUT2D eigenvalue weighted by atomic mass is 9.93. The fourth-order valence-corrected chi connectivity index (χ4v) is 8.64. The average Bonchev–Trinajstić information content (AvgIpc) is 3.77. The number of hydrogen-bond donors (Lipinski definition) is 0. The summed E-state index contributed by atoms with van der Waals surface area (Å²) in [7, 11) is 0. The third-order valence-corrected chi connectivity index (χ3v) is 11.6. The van der Waals surface area contributed by atoms with Crippen LogP contribution in [0.25, 0.3) is 88.3 Å². The lowest BCUT2D eigenvalue weighted by molar-refractivity contribution is 0.631. The second-order valence-corrected chi connectivity index (χ2v) is 15.3. The summed E-state index contributed by atoms with van der Waals surface area (Å²) in [5, 5.41) is 6.14. The van der Waals surface area contributed by atoms with Gasteiger partial charge in [-0.15, -0.1) is 0 Å². The Balaban J connectivity index is 1.04. The number of nitrogens with zero attached hydrogens (tertiary/aromatic N) is 1. The van der Waals surface area contributed by atoms with Crippen molar-refractivity contribution in [2.75, 3.05) is 4.90 Å². The van der Waals surface area contributed by atoms with Crippen LogP contribution in [0.5, 0.6) is 0 Å². The molecular weight excluding hydrogens is 727 g/mol. The highest BCUT2D eigenvalue weighted by atomic mass is 16.3. The first-order chi connectivity index (χ1) is 29.7. The fraction of sp³-hybridized carbons (Fsp3) is 0. The summed E-state index contributed by atoms with van der Waals surface area (Å²) in [6.45, 7) is 0. The van der Waals surface area contributed by atoms with Crippen molar-refractivity contribution < 1.29 is 4.42 Å². The Morgan fingerprint density at radius 1 is 0.267 bits per heavy atom. The maximum absolute atomic E-state index is 6.25. The largest absolute Gasteiger partial charge is 0.456 e. The highest BCUT2D eigenvalue weighted by molar-refractivity contribution is 6.13. The quantitative estimate of drug-likeness (QED) is 0.143. The Hall–Kier alpha value is -7.94. The summed E-state index contributed by atoms with van der Waals surface area (Å²) in [6.07, 6.45) is 0. The van der Waals surface area contributed by atoms with E-state index in [-0.39, 0.29) is 0 Å². The molecule has 0 fully saturated rings. The molecule has 0 bridgehead atoms. The molecule has 0 N–H and O–H groups in total. The van der Waals surface area contributed by atoms with E-state index < -0.39 is 0 Å². The molecule has 0 amide bonds. The van der Waals surface area contributed by atoms with Crippen molar-refractivity contribution >= 4 is 49.6 Å². The third-order valence-electron chi connectivity index (χ3n) is 11.6. The van der Waals surface area contributed by atoms with Crippen LogP contribution >= 0.6 is 0 Å². The Morgan fingerprint density at radius 2 is 0.767 bits per heavy atom. The molecule has 2 nitrogen and oxygen atoms in total. The van der Waals surface area contributed by atoms with Crippen molar-refractivity contribution in [2.24, 2.45) is 0 Å². The van der Waals surface area contributed by atoms with Gasteiger partial charge in [0.2, 0.25) is 0 Å². The normalized spacial score (nSPS) is 11.3. The van der Waals surface area contributed by atoms with Crippen molar-refractivity contribution in [3.8, 4) is 55.8 Å². The van der Waals surface area contributed by atoms with Gasteiger partial charge in [0.05, 0.1) is 0 Å². The SMILES string of the molecule is c1ccc(-c2cc(-c3ccccc3)cc(N(c3ccc(-c4cccc(-c5cc6ccccc6o5)c4)cc3)c3ccc(-c4cc5ccccc5c5ccccc45)cc3)c2)cc1. The molecule has 0 radical (unpaired) electrons. The number of hydrogen-bond acceptors (Lipinski definition) is 2. The first kappa shape index (κ1) is 35.2. The standard InChI is InChI=1S/C58H39NO/c1-3-14-40(15-4-1)48-35-49(41-16-5-2-6-17-41)37-52(36-48)59(51-32-28-43(29-33-51)56-38-45-18-7-9-22-53(45)54-23-10-11-24-55(54)56)50-30-26-42(27-31-50)44-20-13-21-46(34-44)58-39-47-19-8-12-25-57(47)60-58/h1-39H. The zero-order valence-corrected chi connectivity index (χ0v) is 32.9. The lowest BCUT2D eigenvalue weighted by Crippen LogP contribution is -2.10. The summed E-state index contributed by atoms with van der Waals surface area (Å²) in [6, 6.07) is 85.0. The molecular formula is C58H39NO. The molecule has 11 aromatic rings. The van der Waals surface area contributed by atoms with Crippen molar-refractivity contribution in [3.63, 3.8) is 0 Å². The summed E-state index contributed by atoms with van der Waals surface area (Å²) in [4.78, 5) is 2.38. The topological polar surface area (TPSA) is 16.4 Å². The Bertz CT molecular complexity index is 3200. The van der Waals surface area contributed by atoms with Crippen molar-refractivity contribution in [1.82, 2.24) is 0 Å². The van der Waals surface area contributed by atoms with E-state index >= 15 is 0 Å². The molecule has 11 rings (SSSR count). The molecule has 0 unspecified atom stereocenters. The molecule has 2 heteroatoms. The Morgan fingerprint density at radius 3 is 1.43 bits per heavy atom. The highest BCUT2D eigenvalue weighted by Gasteiger charge is 2.18. The first-order valence-corrected chi connectivity index (χ1v) is 20.5. The van der Waals surface area contributed by atoms with E-state index in [0.717, 1.165) is 61.6 Å². The maximum Gasteiger partial charge on any atom is 0.135 e. The average molecular weight is 766 g/mol. The summed E-state index contributed by atoms with van der Waals surface area (Å²) in [5.74, 6) is 0.869. The molecule has 60 heavy (non-hydrogen) atoms. The van der Waals surface area contributed by atoms with Gasteiger partial charge < -0.3 is 9.32 Å². The maximum atomic E-state index is 6.25. The Labute approximate surface area is 349 Å².